The fraction of sp³-hybridized carbons (Fsp3) is 0.286. The maximum Gasteiger partial charge on any atom is 0.213 e. The number of pyridine rings is 1. The monoisotopic (exact) mass is 378 g/mol. The van der Waals surface area contributed by atoms with Crippen LogP contribution in [0, 0.1) is 0 Å². The van der Waals surface area contributed by atoms with E-state index in [2.05, 4.69) is 25.7 Å². The van der Waals surface area contributed by atoms with E-state index in [0.29, 0.717) is 25.6 Å². The smallest absolute Gasteiger partial charge is 0.213 e. The number of aromatic nitrogens is 3. The summed E-state index contributed by atoms with van der Waals surface area (Å²) in [5.41, 5.74) is 3.24. The Bertz CT molecular complexity index is 891. The van der Waals surface area contributed by atoms with Crippen molar-refractivity contribution in [3.8, 4) is 5.88 Å². The van der Waals surface area contributed by atoms with Gasteiger partial charge in [0.05, 0.1) is 18.8 Å². The molecule has 0 spiro atoms. The van der Waals surface area contributed by atoms with Gasteiger partial charge in [0.15, 0.2) is 5.96 Å². The molecule has 3 aromatic rings. The maximum atomic E-state index is 5.80. The molecule has 0 bridgehead atoms. The average Bonchev–Trinajstić information content (AvgIpc) is 3.14. The Morgan fingerprint density at radius 1 is 1.07 bits per heavy atom. The predicted molar refractivity (Wildman–Crippen MR) is 110 cm³/mol. The Kier molecular flexibility index (Phi) is 7.01. The van der Waals surface area contributed by atoms with Crippen LogP contribution >= 0.6 is 0 Å². The first-order chi connectivity index (χ1) is 13.7. The quantitative estimate of drug-likeness (QED) is 0.466. The number of benzene rings is 1. The number of nitrogens with one attached hydrogen (secondary N) is 2. The second-order valence-electron chi connectivity index (χ2n) is 6.27. The van der Waals surface area contributed by atoms with Crippen molar-refractivity contribution in [2.24, 2.45) is 12.0 Å². The van der Waals surface area contributed by atoms with Crippen LogP contribution in [0.5, 0.6) is 5.88 Å². The van der Waals surface area contributed by atoms with Gasteiger partial charge in [-0.2, -0.15) is 5.10 Å². The summed E-state index contributed by atoms with van der Waals surface area (Å²) in [5, 5.41) is 10.8. The summed E-state index contributed by atoms with van der Waals surface area (Å²) >= 11 is 0. The van der Waals surface area contributed by atoms with E-state index in [4.69, 9.17) is 4.74 Å². The summed E-state index contributed by atoms with van der Waals surface area (Å²) in [6.07, 6.45) is 3.54. The fourth-order valence-electron chi connectivity index (χ4n) is 2.62. The van der Waals surface area contributed by atoms with Crippen LogP contribution in [0.3, 0.4) is 0 Å². The third-order valence-electron chi connectivity index (χ3n) is 4.15. The molecule has 7 nitrogen and oxygen atoms in total. The first kappa shape index (κ1) is 19.4. The van der Waals surface area contributed by atoms with Gasteiger partial charge in [-0.05, 0) is 30.2 Å². The molecule has 0 radical (unpaired) electrons. The van der Waals surface area contributed by atoms with Gasteiger partial charge < -0.3 is 15.4 Å². The number of aliphatic imine (C=N–C) groups is 1. The van der Waals surface area contributed by atoms with Crippen molar-refractivity contribution in [1.82, 2.24) is 25.4 Å². The summed E-state index contributed by atoms with van der Waals surface area (Å²) in [6, 6.07) is 15.9. The van der Waals surface area contributed by atoms with E-state index in [-0.39, 0.29) is 0 Å². The molecule has 2 N–H and O–H groups in total. The molecule has 0 saturated heterocycles. The summed E-state index contributed by atoms with van der Waals surface area (Å²) in [4.78, 5) is 8.94. The molecule has 0 aliphatic heterocycles. The molecular weight excluding hydrogens is 352 g/mol. The molecule has 0 aliphatic carbocycles. The molecule has 2 aromatic heterocycles. The fourth-order valence-corrected chi connectivity index (χ4v) is 2.62. The first-order valence-electron chi connectivity index (χ1n) is 9.35. The third kappa shape index (κ3) is 5.84. The molecule has 0 unspecified atom stereocenters. The predicted octanol–water partition coefficient (Wildman–Crippen LogP) is 2.65. The topological polar surface area (TPSA) is 76.4 Å². The molecule has 7 heteroatoms. The van der Waals surface area contributed by atoms with Gasteiger partial charge in [-0.1, -0.05) is 30.3 Å². The first-order valence-corrected chi connectivity index (χ1v) is 9.35. The van der Waals surface area contributed by atoms with Crippen molar-refractivity contribution < 1.29 is 4.74 Å². The molecule has 0 atom stereocenters. The van der Waals surface area contributed by atoms with Gasteiger partial charge in [0.1, 0.15) is 6.61 Å². The van der Waals surface area contributed by atoms with Crippen LogP contribution < -0.4 is 15.4 Å². The zero-order valence-electron chi connectivity index (χ0n) is 16.3. The van der Waals surface area contributed by atoms with Gasteiger partial charge in [0.25, 0.3) is 0 Å². The van der Waals surface area contributed by atoms with Crippen LogP contribution in [0.4, 0.5) is 0 Å². The molecule has 0 fully saturated rings. The van der Waals surface area contributed by atoms with Crippen molar-refractivity contribution in [3.63, 3.8) is 0 Å². The number of hydrogen-bond acceptors (Lipinski definition) is 4. The van der Waals surface area contributed by atoms with Crippen molar-refractivity contribution in [3.05, 3.63) is 77.7 Å². The van der Waals surface area contributed by atoms with E-state index >= 15 is 0 Å². The second-order valence-corrected chi connectivity index (χ2v) is 6.27. The number of rotatable bonds is 8. The molecule has 3 rings (SSSR count). The Morgan fingerprint density at radius 2 is 1.93 bits per heavy atom. The van der Waals surface area contributed by atoms with Crippen LogP contribution in [0.2, 0.25) is 0 Å². The van der Waals surface area contributed by atoms with E-state index < -0.39 is 0 Å². The lowest BCUT2D eigenvalue weighted by Gasteiger charge is -2.11. The molecule has 146 valence electrons. The van der Waals surface area contributed by atoms with Gasteiger partial charge in [0.2, 0.25) is 5.88 Å². The van der Waals surface area contributed by atoms with Gasteiger partial charge in [-0.25, -0.2) is 9.98 Å². The summed E-state index contributed by atoms with van der Waals surface area (Å²) in [7, 11) is 1.93. The minimum absolute atomic E-state index is 0.495. The second kappa shape index (κ2) is 10.1. The van der Waals surface area contributed by atoms with Gasteiger partial charge >= 0.3 is 0 Å². The van der Waals surface area contributed by atoms with Crippen molar-refractivity contribution in [1.29, 1.82) is 0 Å². The normalized spacial score (nSPS) is 11.3. The molecule has 0 amide bonds. The Labute approximate surface area is 165 Å². The van der Waals surface area contributed by atoms with Crippen LogP contribution in [0.15, 0.2) is 65.9 Å². The average molecular weight is 378 g/mol. The highest BCUT2D eigenvalue weighted by Crippen LogP contribution is 2.12. The Balaban J connectivity index is 1.58. The summed E-state index contributed by atoms with van der Waals surface area (Å²) in [5.74, 6) is 1.36. The number of ether oxygens (including phenoxy) is 1. The number of aryl methyl sites for hydroxylation is 1. The van der Waals surface area contributed by atoms with Crippen LogP contribution in [-0.2, 0) is 26.7 Å². The van der Waals surface area contributed by atoms with E-state index in [1.165, 1.54) is 0 Å². The minimum Gasteiger partial charge on any atom is -0.473 e. The third-order valence-corrected chi connectivity index (χ3v) is 4.15. The SMILES string of the molecule is CCNC(=NCc1ccnc(OCc2ccccc2)c1)NCc1ccnn1C. The van der Waals surface area contributed by atoms with Crippen LogP contribution in [-0.4, -0.2) is 27.3 Å². The molecule has 2 heterocycles. The Hall–Kier alpha value is -3.35. The number of guanidine groups is 1. The van der Waals surface area contributed by atoms with Crippen molar-refractivity contribution in [2.45, 2.75) is 26.6 Å². The highest BCUT2D eigenvalue weighted by atomic mass is 16.5. The highest BCUT2D eigenvalue weighted by molar-refractivity contribution is 5.79. The molecule has 0 saturated carbocycles. The maximum absolute atomic E-state index is 5.80. The highest BCUT2D eigenvalue weighted by Gasteiger charge is 2.03. The van der Waals surface area contributed by atoms with Crippen molar-refractivity contribution >= 4 is 5.96 Å². The van der Waals surface area contributed by atoms with Gasteiger partial charge in [-0.3, -0.25) is 4.68 Å². The lowest BCUT2D eigenvalue weighted by atomic mass is 10.2. The lowest BCUT2D eigenvalue weighted by Crippen LogP contribution is -2.37. The van der Waals surface area contributed by atoms with E-state index in [0.717, 1.165) is 29.3 Å². The van der Waals surface area contributed by atoms with E-state index in [9.17, 15) is 0 Å². The number of nitrogens with zero attached hydrogens (tertiary/aromatic N) is 4. The molecule has 0 aliphatic rings. The van der Waals surface area contributed by atoms with Crippen LogP contribution in [0.25, 0.3) is 0 Å². The zero-order chi connectivity index (χ0) is 19.6. The molecule has 1 aromatic carbocycles. The minimum atomic E-state index is 0.495. The van der Waals surface area contributed by atoms with E-state index in [1.54, 1.807) is 12.4 Å². The van der Waals surface area contributed by atoms with Gasteiger partial charge in [-0.15, -0.1) is 0 Å². The van der Waals surface area contributed by atoms with Gasteiger partial charge in [0, 0.05) is 32.1 Å². The van der Waals surface area contributed by atoms with E-state index in [1.807, 2.05) is 67.2 Å². The Morgan fingerprint density at radius 3 is 2.68 bits per heavy atom. The standard InChI is InChI=1S/C21H26N6O/c1-3-22-21(25-15-19-10-12-26-27(19)2)24-14-18-9-11-23-20(13-18)28-16-17-7-5-4-6-8-17/h4-13H,3,14-16H2,1-2H3,(H2,22,24,25). The van der Waals surface area contributed by atoms with Crippen LogP contribution in [0.1, 0.15) is 23.7 Å². The molecular formula is C21H26N6O. The lowest BCUT2D eigenvalue weighted by molar-refractivity contribution is 0.293. The molecule has 28 heavy (non-hydrogen) atoms. The van der Waals surface area contributed by atoms with Crippen molar-refractivity contribution in [2.75, 3.05) is 6.54 Å². The zero-order valence-corrected chi connectivity index (χ0v) is 16.3. The largest absolute Gasteiger partial charge is 0.473 e. The summed E-state index contributed by atoms with van der Waals surface area (Å²) in [6.45, 7) is 4.52. The summed E-state index contributed by atoms with van der Waals surface area (Å²) < 4.78 is 7.64. The number of hydrogen-bond donors (Lipinski definition) is 2.